The van der Waals surface area contributed by atoms with Crippen LogP contribution in [0, 0.1) is 0 Å². The van der Waals surface area contributed by atoms with E-state index in [2.05, 4.69) is 0 Å². The fourth-order valence-electron chi connectivity index (χ4n) is 1.16. The van der Waals surface area contributed by atoms with Crippen LogP contribution in [0.15, 0.2) is 18.2 Å². The Morgan fingerprint density at radius 1 is 1.12 bits per heavy atom. The number of esters is 1. The maximum Gasteiger partial charge on any atom is 0.302 e. The summed E-state index contributed by atoms with van der Waals surface area (Å²) in [7, 11) is 3.14. The van der Waals surface area contributed by atoms with E-state index in [4.69, 9.17) is 14.2 Å². The zero-order valence-corrected chi connectivity index (χ0v) is 11.1. The summed E-state index contributed by atoms with van der Waals surface area (Å²) in [5.41, 5.74) is 0.864. The number of methoxy groups -OCH3 is 2. The Kier molecular flexibility index (Phi) is 7.59. The zero-order valence-electron chi connectivity index (χ0n) is 11.1. The highest BCUT2D eigenvalue weighted by atomic mass is 16.5. The van der Waals surface area contributed by atoms with Crippen molar-refractivity contribution in [2.75, 3.05) is 14.2 Å². The predicted octanol–water partition coefficient (Wildman–Crippen LogP) is 2.79. The molecule has 96 valence electrons. The normalized spacial score (nSPS) is 8.76. The quantitative estimate of drug-likeness (QED) is 0.759. The summed E-state index contributed by atoms with van der Waals surface area (Å²) in [4.78, 5) is 10.6. The van der Waals surface area contributed by atoms with Crippen molar-refractivity contribution in [3.8, 4) is 11.5 Å². The second kappa shape index (κ2) is 8.44. The first-order valence-electron chi connectivity index (χ1n) is 5.51. The molecule has 0 aliphatic carbocycles. The van der Waals surface area contributed by atoms with Crippen LogP contribution in [0.2, 0.25) is 0 Å². The molecule has 4 nitrogen and oxygen atoms in total. The van der Waals surface area contributed by atoms with E-state index in [1.807, 2.05) is 19.9 Å². The van der Waals surface area contributed by atoms with Gasteiger partial charge in [0.05, 0.1) is 14.2 Å². The minimum Gasteiger partial charge on any atom is -0.493 e. The maximum absolute atomic E-state index is 10.6. The molecule has 0 unspecified atom stereocenters. The van der Waals surface area contributed by atoms with E-state index in [0.29, 0.717) is 11.5 Å². The SMILES string of the molecule is CC.COc1ccc(COC(C)=O)cc1OC. The molecule has 0 heterocycles. The number of carbonyl (C=O) groups excluding carboxylic acids is 1. The maximum atomic E-state index is 10.6. The molecule has 0 aromatic heterocycles. The molecule has 0 atom stereocenters. The summed E-state index contributed by atoms with van der Waals surface area (Å²) < 4.78 is 15.1. The first-order chi connectivity index (χ1) is 8.17. The third kappa shape index (κ3) is 5.24. The van der Waals surface area contributed by atoms with Crippen LogP contribution in [0.4, 0.5) is 0 Å². The zero-order chi connectivity index (χ0) is 13.3. The highest BCUT2D eigenvalue weighted by Gasteiger charge is 2.05. The highest BCUT2D eigenvalue weighted by molar-refractivity contribution is 5.65. The average Bonchev–Trinajstić information content (AvgIpc) is 2.38. The highest BCUT2D eigenvalue weighted by Crippen LogP contribution is 2.27. The van der Waals surface area contributed by atoms with Crippen molar-refractivity contribution in [1.82, 2.24) is 0 Å². The fraction of sp³-hybridized carbons (Fsp3) is 0.462. The van der Waals surface area contributed by atoms with E-state index in [-0.39, 0.29) is 12.6 Å². The number of ether oxygens (including phenoxy) is 3. The number of hydrogen-bond donors (Lipinski definition) is 0. The van der Waals surface area contributed by atoms with E-state index in [1.165, 1.54) is 6.92 Å². The molecule has 0 fully saturated rings. The van der Waals surface area contributed by atoms with Gasteiger partial charge in [-0.1, -0.05) is 19.9 Å². The molecule has 0 amide bonds. The molecule has 0 spiro atoms. The number of rotatable bonds is 4. The summed E-state index contributed by atoms with van der Waals surface area (Å²) in [6.45, 7) is 5.62. The molecule has 4 heteroatoms. The molecule has 0 radical (unpaired) electrons. The van der Waals surface area contributed by atoms with Crippen LogP contribution < -0.4 is 9.47 Å². The Hall–Kier alpha value is -1.71. The van der Waals surface area contributed by atoms with Crippen LogP contribution in [0.1, 0.15) is 26.3 Å². The van der Waals surface area contributed by atoms with Gasteiger partial charge in [0.15, 0.2) is 11.5 Å². The topological polar surface area (TPSA) is 44.8 Å². The molecule has 0 aliphatic heterocycles. The largest absolute Gasteiger partial charge is 0.493 e. The van der Waals surface area contributed by atoms with Crippen LogP contribution >= 0.6 is 0 Å². The fourth-order valence-corrected chi connectivity index (χ4v) is 1.16. The molecular formula is C13H20O4. The predicted molar refractivity (Wildman–Crippen MR) is 66.4 cm³/mol. The average molecular weight is 240 g/mol. The van der Waals surface area contributed by atoms with Gasteiger partial charge in [-0.15, -0.1) is 0 Å². The van der Waals surface area contributed by atoms with Crippen molar-refractivity contribution in [1.29, 1.82) is 0 Å². The van der Waals surface area contributed by atoms with Crippen molar-refractivity contribution in [3.63, 3.8) is 0 Å². The molecule has 17 heavy (non-hydrogen) atoms. The lowest BCUT2D eigenvalue weighted by Gasteiger charge is -2.09. The Bertz CT molecular complexity index is 347. The van der Waals surface area contributed by atoms with Crippen molar-refractivity contribution in [2.45, 2.75) is 27.4 Å². The Labute approximate surface area is 102 Å². The van der Waals surface area contributed by atoms with Gasteiger partial charge in [0.2, 0.25) is 0 Å². The van der Waals surface area contributed by atoms with Gasteiger partial charge in [-0.2, -0.15) is 0 Å². The molecule has 0 saturated carbocycles. The van der Waals surface area contributed by atoms with Crippen molar-refractivity contribution in [2.24, 2.45) is 0 Å². The van der Waals surface area contributed by atoms with Crippen LogP contribution in [0.25, 0.3) is 0 Å². The molecule has 0 saturated heterocycles. The molecule has 0 bridgehead atoms. The van der Waals surface area contributed by atoms with E-state index in [1.54, 1.807) is 26.4 Å². The standard InChI is InChI=1S/C11H14O4.C2H6/c1-8(12)15-7-9-4-5-10(13-2)11(6-9)14-3;1-2/h4-6H,7H2,1-3H3;1-2H3. The lowest BCUT2D eigenvalue weighted by Crippen LogP contribution is -1.99. The third-order valence-electron chi connectivity index (χ3n) is 1.89. The Morgan fingerprint density at radius 2 is 1.71 bits per heavy atom. The molecule has 0 N–H and O–H groups in total. The minimum atomic E-state index is -0.301. The first kappa shape index (κ1) is 15.3. The molecule has 1 aromatic rings. The van der Waals surface area contributed by atoms with Gasteiger partial charge in [-0.3, -0.25) is 4.79 Å². The molecular weight excluding hydrogens is 220 g/mol. The second-order valence-electron chi connectivity index (χ2n) is 2.97. The van der Waals surface area contributed by atoms with E-state index in [0.717, 1.165) is 5.56 Å². The number of carbonyl (C=O) groups is 1. The van der Waals surface area contributed by atoms with Crippen molar-refractivity contribution >= 4 is 5.97 Å². The monoisotopic (exact) mass is 240 g/mol. The van der Waals surface area contributed by atoms with Crippen molar-refractivity contribution in [3.05, 3.63) is 23.8 Å². The van der Waals surface area contributed by atoms with Gasteiger partial charge in [0.1, 0.15) is 6.61 Å². The van der Waals surface area contributed by atoms with E-state index in [9.17, 15) is 4.79 Å². The van der Waals surface area contributed by atoms with Gasteiger partial charge >= 0.3 is 5.97 Å². The van der Waals surface area contributed by atoms with Crippen molar-refractivity contribution < 1.29 is 19.0 Å². The van der Waals surface area contributed by atoms with E-state index >= 15 is 0 Å². The smallest absolute Gasteiger partial charge is 0.302 e. The van der Waals surface area contributed by atoms with Crippen LogP contribution in [-0.4, -0.2) is 20.2 Å². The summed E-state index contributed by atoms with van der Waals surface area (Å²) in [5.74, 6) is 0.982. The Balaban J connectivity index is 0.00000121. The molecule has 1 aromatic carbocycles. The van der Waals surface area contributed by atoms with Crippen LogP contribution in [0.3, 0.4) is 0 Å². The number of benzene rings is 1. The lowest BCUT2D eigenvalue weighted by atomic mass is 10.2. The van der Waals surface area contributed by atoms with Crippen LogP contribution in [0.5, 0.6) is 11.5 Å². The van der Waals surface area contributed by atoms with E-state index < -0.39 is 0 Å². The number of hydrogen-bond acceptors (Lipinski definition) is 4. The second-order valence-corrected chi connectivity index (χ2v) is 2.97. The Morgan fingerprint density at radius 3 is 2.18 bits per heavy atom. The minimum absolute atomic E-state index is 0.246. The molecule has 1 rings (SSSR count). The summed E-state index contributed by atoms with van der Waals surface area (Å²) in [6.07, 6.45) is 0. The van der Waals surface area contributed by atoms with Gasteiger partial charge in [-0.25, -0.2) is 0 Å². The summed E-state index contributed by atoms with van der Waals surface area (Å²) in [6, 6.07) is 5.38. The van der Waals surface area contributed by atoms with Gasteiger partial charge < -0.3 is 14.2 Å². The first-order valence-corrected chi connectivity index (χ1v) is 5.51. The van der Waals surface area contributed by atoms with Gasteiger partial charge in [0.25, 0.3) is 0 Å². The lowest BCUT2D eigenvalue weighted by molar-refractivity contribution is -0.142. The van der Waals surface area contributed by atoms with Gasteiger partial charge in [-0.05, 0) is 17.7 Å². The van der Waals surface area contributed by atoms with Crippen LogP contribution in [-0.2, 0) is 16.1 Å². The summed E-state index contributed by atoms with van der Waals surface area (Å²) >= 11 is 0. The summed E-state index contributed by atoms with van der Waals surface area (Å²) in [5, 5.41) is 0. The van der Waals surface area contributed by atoms with Gasteiger partial charge in [0, 0.05) is 6.92 Å². The third-order valence-corrected chi connectivity index (χ3v) is 1.89. The molecule has 0 aliphatic rings.